The summed E-state index contributed by atoms with van der Waals surface area (Å²) in [6.45, 7) is 10.0. The van der Waals surface area contributed by atoms with Crippen LogP contribution in [0, 0.1) is 30.4 Å². The van der Waals surface area contributed by atoms with Gasteiger partial charge in [0.1, 0.15) is 0 Å². The van der Waals surface area contributed by atoms with Crippen LogP contribution in [-0.2, 0) is 0 Å². The van der Waals surface area contributed by atoms with E-state index in [1.165, 1.54) is 45.2 Å². The van der Waals surface area contributed by atoms with Crippen LogP contribution in [0.4, 0.5) is 17.6 Å². The van der Waals surface area contributed by atoms with Gasteiger partial charge in [0.25, 0.3) is 0 Å². The number of nitrogens with zero attached hydrogens (tertiary/aromatic N) is 1. The largest absolute Gasteiger partial charge is 1.00 e. The number of hydrogen-bond acceptors (Lipinski definition) is 0. The van der Waals surface area contributed by atoms with Crippen LogP contribution in [0.2, 0.25) is 0 Å². The zero-order valence-corrected chi connectivity index (χ0v) is 18.1. The molecular weight excluding hydrogens is 571 g/mol. The molecule has 0 fully saturated rings. The SMILES string of the molecule is CC[N+](CC)(CC)CCl.Fc1c(F)c(I)c(F)c(I)c1F.[Cl-]. The molecule has 0 aliphatic heterocycles. The molecule has 0 heterocycles. The summed E-state index contributed by atoms with van der Waals surface area (Å²) in [5, 5.41) is 0. The Morgan fingerprint density at radius 1 is 0.773 bits per heavy atom. The molecular formula is C13H17Cl2F4I2N. The summed E-state index contributed by atoms with van der Waals surface area (Å²) in [5.74, 6) is -5.66. The van der Waals surface area contributed by atoms with Gasteiger partial charge in [-0.1, -0.05) is 11.6 Å². The van der Waals surface area contributed by atoms with E-state index < -0.39 is 30.4 Å². The highest BCUT2D eigenvalue weighted by Crippen LogP contribution is 2.26. The number of quaternary nitrogens is 1. The summed E-state index contributed by atoms with van der Waals surface area (Å²) >= 11 is 8.35. The third-order valence-electron chi connectivity index (χ3n) is 3.42. The van der Waals surface area contributed by atoms with Gasteiger partial charge in [0, 0.05) is 0 Å². The fourth-order valence-electron chi connectivity index (χ4n) is 1.50. The normalized spacial score (nSPS) is 10.6. The average molecular weight is 588 g/mol. The van der Waals surface area contributed by atoms with Crippen molar-refractivity contribution >= 4 is 56.8 Å². The van der Waals surface area contributed by atoms with Crippen molar-refractivity contribution in [2.24, 2.45) is 0 Å². The average Bonchev–Trinajstić information content (AvgIpc) is 2.52. The molecule has 1 rings (SSSR count). The van der Waals surface area contributed by atoms with Crippen molar-refractivity contribution in [2.45, 2.75) is 20.8 Å². The van der Waals surface area contributed by atoms with Gasteiger partial charge >= 0.3 is 0 Å². The molecule has 0 N–H and O–H groups in total. The Bertz CT molecular complexity index is 363. The van der Waals surface area contributed by atoms with Crippen molar-refractivity contribution in [3.8, 4) is 0 Å². The molecule has 1 nitrogen and oxygen atoms in total. The van der Waals surface area contributed by atoms with Crippen LogP contribution < -0.4 is 12.4 Å². The van der Waals surface area contributed by atoms with Crippen molar-refractivity contribution in [1.82, 2.24) is 0 Å². The zero-order valence-electron chi connectivity index (χ0n) is 12.3. The highest BCUT2D eigenvalue weighted by atomic mass is 127. The van der Waals surface area contributed by atoms with E-state index in [1.807, 2.05) is 0 Å². The van der Waals surface area contributed by atoms with Gasteiger partial charge in [-0.3, -0.25) is 0 Å². The minimum absolute atomic E-state index is 0. The summed E-state index contributed by atoms with van der Waals surface area (Å²) < 4.78 is 50.4. The van der Waals surface area contributed by atoms with E-state index in [4.69, 9.17) is 11.6 Å². The van der Waals surface area contributed by atoms with Crippen LogP contribution in [0.3, 0.4) is 0 Å². The van der Waals surface area contributed by atoms with E-state index in [0.717, 1.165) is 30.1 Å². The van der Waals surface area contributed by atoms with Crippen LogP contribution in [0.1, 0.15) is 20.8 Å². The summed E-state index contributed by atoms with van der Waals surface area (Å²) in [7, 11) is 0. The van der Waals surface area contributed by atoms with Crippen molar-refractivity contribution in [2.75, 3.05) is 25.6 Å². The minimum Gasteiger partial charge on any atom is -1.00 e. The van der Waals surface area contributed by atoms with Crippen molar-refractivity contribution in [3.63, 3.8) is 0 Å². The van der Waals surface area contributed by atoms with Gasteiger partial charge in [0.2, 0.25) is 0 Å². The second-order valence-corrected chi connectivity index (χ2v) is 6.69. The molecule has 130 valence electrons. The molecule has 22 heavy (non-hydrogen) atoms. The third-order valence-corrected chi connectivity index (χ3v) is 5.82. The Labute approximate surface area is 167 Å². The van der Waals surface area contributed by atoms with Gasteiger partial charge < -0.3 is 16.9 Å². The first-order valence-corrected chi connectivity index (χ1v) is 8.98. The summed E-state index contributed by atoms with van der Waals surface area (Å²) in [6.07, 6.45) is 0. The van der Waals surface area contributed by atoms with Crippen molar-refractivity contribution < 1.29 is 34.5 Å². The molecule has 0 atom stereocenters. The Balaban J connectivity index is 0. The highest BCUT2D eigenvalue weighted by Gasteiger charge is 2.22. The maximum absolute atomic E-state index is 12.8. The van der Waals surface area contributed by atoms with Crippen LogP contribution in [0.15, 0.2) is 0 Å². The van der Waals surface area contributed by atoms with E-state index in [9.17, 15) is 17.6 Å². The first-order chi connectivity index (χ1) is 9.71. The van der Waals surface area contributed by atoms with E-state index in [-0.39, 0.29) is 12.4 Å². The number of rotatable bonds is 4. The zero-order chi connectivity index (χ0) is 16.8. The van der Waals surface area contributed by atoms with Gasteiger partial charge in [0.15, 0.2) is 29.3 Å². The molecule has 0 bridgehead atoms. The molecule has 0 saturated heterocycles. The van der Waals surface area contributed by atoms with E-state index in [1.54, 1.807) is 0 Å². The number of benzene rings is 1. The fraction of sp³-hybridized carbons (Fsp3) is 0.538. The number of hydrogen-bond donors (Lipinski definition) is 0. The topological polar surface area (TPSA) is 0 Å². The van der Waals surface area contributed by atoms with Crippen LogP contribution in [-0.4, -0.2) is 30.1 Å². The molecule has 1 aromatic carbocycles. The van der Waals surface area contributed by atoms with E-state index in [2.05, 4.69) is 20.8 Å². The quantitative estimate of drug-likeness (QED) is 0.0967. The molecule has 0 unspecified atom stereocenters. The van der Waals surface area contributed by atoms with E-state index >= 15 is 0 Å². The Hall–Kier alpha value is 0.940. The van der Waals surface area contributed by atoms with Crippen LogP contribution >= 0.6 is 56.8 Å². The fourth-order valence-corrected chi connectivity index (χ4v) is 3.54. The van der Waals surface area contributed by atoms with E-state index in [0.29, 0.717) is 0 Å². The van der Waals surface area contributed by atoms with Crippen molar-refractivity contribution in [3.05, 3.63) is 30.4 Å². The molecule has 0 aliphatic carbocycles. The number of alkyl halides is 1. The lowest BCUT2D eigenvalue weighted by Crippen LogP contribution is -3.00. The lowest BCUT2D eigenvalue weighted by atomic mass is 10.3. The summed E-state index contributed by atoms with van der Waals surface area (Å²) in [6, 6.07) is 0.753. The highest BCUT2D eigenvalue weighted by molar-refractivity contribution is 14.1. The Morgan fingerprint density at radius 2 is 1.09 bits per heavy atom. The Morgan fingerprint density at radius 3 is 1.27 bits per heavy atom. The molecule has 0 amide bonds. The molecule has 9 heteroatoms. The molecule has 1 aromatic rings. The smallest absolute Gasteiger partial charge is 0.196 e. The molecule has 0 saturated carbocycles. The lowest BCUT2D eigenvalue weighted by Gasteiger charge is -2.32. The lowest BCUT2D eigenvalue weighted by molar-refractivity contribution is -0.912. The summed E-state index contributed by atoms with van der Waals surface area (Å²) in [5.41, 5.74) is 0. The van der Waals surface area contributed by atoms with Gasteiger partial charge in [-0.2, -0.15) is 0 Å². The predicted molar refractivity (Wildman–Crippen MR) is 94.3 cm³/mol. The van der Waals surface area contributed by atoms with Gasteiger partial charge in [-0.15, -0.1) is 0 Å². The van der Waals surface area contributed by atoms with Gasteiger partial charge in [-0.05, 0) is 66.0 Å². The number of halogens is 8. The first-order valence-electron chi connectivity index (χ1n) is 6.29. The van der Waals surface area contributed by atoms with Crippen molar-refractivity contribution in [1.29, 1.82) is 0 Å². The molecule has 0 spiro atoms. The van der Waals surface area contributed by atoms with Crippen LogP contribution in [0.25, 0.3) is 0 Å². The molecule has 0 aliphatic rings. The second-order valence-electron chi connectivity index (χ2n) is 4.29. The minimum atomic E-state index is -1.63. The van der Waals surface area contributed by atoms with Crippen LogP contribution in [0.5, 0.6) is 0 Å². The standard InChI is InChI=1S/C7H17ClN.C6F4I2.ClH/c1-4-9(5-2,6-3)7-8;7-1-2(8)5(11)4(10)6(12)3(1)9;/h4-7H2,1-3H3;;1H/q+1;;/p-1. The summed E-state index contributed by atoms with van der Waals surface area (Å²) in [4.78, 5) is 0. The monoisotopic (exact) mass is 587 g/mol. The maximum Gasteiger partial charge on any atom is 0.196 e. The van der Waals surface area contributed by atoms with Gasteiger partial charge in [0.05, 0.1) is 26.8 Å². The molecule has 0 aromatic heterocycles. The Kier molecular flexibility index (Phi) is 13.1. The van der Waals surface area contributed by atoms with Gasteiger partial charge in [-0.25, -0.2) is 17.6 Å². The third kappa shape index (κ3) is 6.10. The first kappa shape index (κ1) is 25.2. The second kappa shape index (κ2) is 11.5. The maximum atomic E-state index is 12.8. The predicted octanol–water partition coefficient (Wildman–Crippen LogP) is 2.52. The molecule has 0 radical (unpaired) electrons.